The number of benzene rings is 2. The lowest BCUT2D eigenvalue weighted by Gasteiger charge is -2.08. The van der Waals surface area contributed by atoms with Crippen LogP contribution in [0.25, 0.3) is 22.0 Å². The number of fused-ring (bicyclic) bond motifs is 1. The Morgan fingerprint density at radius 1 is 1.10 bits per heavy atom. The van der Waals surface area contributed by atoms with Crippen LogP contribution in [-0.2, 0) is 0 Å². The van der Waals surface area contributed by atoms with E-state index in [1.54, 1.807) is 18.3 Å². The van der Waals surface area contributed by atoms with E-state index in [9.17, 15) is 10.1 Å². The van der Waals surface area contributed by atoms with Crippen LogP contribution in [0.15, 0.2) is 54.7 Å². The molecular weight excluding hydrogens is 252 g/mol. The number of nitro benzene ring substituents is 1. The quantitative estimate of drug-likeness (QED) is 0.516. The zero-order chi connectivity index (χ0) is 14.1. The number of rotatable bonds is 2. The van der Waals surface area contributed by atoms with Crippen LogP contribution >= 0.6 is 0 Å². The predicted molar refractivity (Wildman–Crippen MR) is 78.6 cm³/mol. The fraction of sp³-hybridized carbons (Fsp3) is 0.0625. The van der Waals surface area contributed by atoms with Gasteiger partial charge in [-0.15, -0.1) is 0 Å². The highest BCUT2D eigenvalue weighted by Crippen LogP contribution is 2.31. The maximum atomic E-state index is 10.9. The van der Waals surface area contributed by atoms with Gasteiger partial charge >= 0.3 is 0 Å². The van der Waals surface area contributed by atoms with Crippen molar-refractivity contribution >= 4 is 16.5 Å². The Balaban J connectivity index is 2.30. The summed E-state index contributed by atoms with van der Waals surface area (Å²) in [5.74, 6) is 0. The molecule has 0 amide bonds. The van der Waals surface area contributed by atoms with Crippen molar-refractivity contribution in [1.29, 1.82) is 0 Å². The lowest BCUT2D eigenvalue weighted by molar-refractivity contribution is -0.384. The van der Waals surface area contributed by atoms with Gasteiger partial charge in [0.1, 0.15) is 0 Å². The Morgan fingerprint density at radius 3 is 2.70 bits per heavy atom. The van der Waals surface area contributed by atoms with Crippen molar-refractivity contribution in [2.45, 2.75) is 6.92 Å². The van der Waals surface area contributed by atoms with Crippen molar-refractivity contribution in [1.82, 2.24) is 4.98 Å². The molecule has 4 nitrogen and oxygen atoms in total. The number of pyridine rings is 1. The van der Waals surface area contributed by atoms with E-state index in [1.165, 1.54) is 6.07 Å². The van der Waals surface area contributed by atoms with E-state index >= 15 is 0 Å². The summed E-state index contributed by atoms with van der Waals surface area (Å²) in [6.07, 6.45) is 1.73. The number of nitrogens with zero attached hydrogens (tertiary/aromatic N) is 2. The van der Waals surface area contributed by atoms with Crippen molar-refractivity contribution in [2.24, 2.45) is 0 Å². The molecule has 1 heterocycles. The van der Waals surface area contributed by atoms with Gasteiger partial charge in [0.15, 0.2) is 0 Å². The highest BCUT2D eigenvalue weighted by molar-refractivity contribution is 5.95. The Labute approximate surface area is 115 Å². The van der Waals surface area contributed by atoms with Crippen LogP contribution in [0, 0.1) is 17.0 Å². The fourth-order valence-corrected chi connectivity index (χ4v) is 2.31. The molecule has 20 heavy (non-hydrogen) atoms. The Hall–Kier alpha value is -2.75. The first kappa shape index (κ1) is 12.3. The average Bonchev–Trinajstić information content (AvgIpc) is 2.47. The molecule has 0 atom stereocenters. The maximum absolute atomic E-state index is 10.9. The molecule has 0 unspecified atom stereocenters. The number of hydrogen-bond donors (Lipinski definition) is 0. The Morgan fingerprint density at radius 2 is 1.90 bits per heavy atom. The summed E-state index contributed by atoms with van der Waals surface area (Å²) >= 11 is 0. The molecule has 98 valence electrons. The van der Waals surface area contributed by atoms with Gasteiger partial charge in [-0.1, -0.05) is 30.3 Å². The third kappa shape index (κ3) is 2.01. The van der Waals surface area contributed by atoms with E-state index in [0.29, 0.717) is 0 Å². The monoisotopic (exact) mass is 264 g/mol. The second-order valence-corrected chi connectivity index (χ2v) is 4.64. The summed E-state index contributed by atoms with van der Waals surface area (Å²) in [6.45, 7) is 1.93. The van der Waals surface area contributed by atoms with Gasteiger partial charge in [0, 0.05) is 29.3 Å². The highest BCUT2D eigenvalue weighted by Gasteiger charge is 2.13. The molecular formula is C16H12N2O2. The van der Waals surface area contributed by atoms with E-state index in [2.05, 4.69) is 4.98 Å². The van der Waals surface area contributed by atoms with E-state index in [1.807, 2.05) is 37.3 Å². The van der Waals surface area contributed by atoms with Crippen molar-refractivity contribution in [3.8, 4) is 11.3 Å². The number of aryl methyl sites for hydroxylation is 1. The summed E-state index contributed by atoms with van der Waals surface area (Å²) in [4.78, 5) is 15.0. The van der Waals surface area contributed by atoms with Crippen LogP contribution in [-0.4, -0.2) is 9.91 Å². The van der Waals surface area contributed by atoms with Crippen LogP contribution in [0.3, 0.4) is 0 Å². The van der Waals surface area contributed by atoms with Crippen molar-refractivity contribution in [3.63, 3.8) is 0 Å². The summed E-state index contributed by atoms with van der Waals surface area (Å²) in [6, 6.07) is 14.7. The number of aromatic nitrogens is 1. The van der Waals surface area contributed by atoms with Gasteiger partial charge in [0.05, 0.1) is 10.6 Å². The average molecular weight is 264 g/mol. The number of hydrogen-bond acceptors (Lipinski definition) is 3. The molecule has 0 saturated carbocycles. The highest BCUT2D eigenvalue weighted by atomic mass is 16.6. The second-order valence-electron chi connectivity index (χ2n) is 4.64. The van der Waals surface area contributed by atoms with E-state index in [0.717, 1.165) is 27.6 Å². The zero-order valence-corrected chi connectivity index (χ0v) is 10.9. The van der Waals surface area contributed by atoms with Gasteiger partial charge in [-0.05, 0) is 23.9 Å². The van der Waals surface area contributed by atoms with Crippen LogP contribution in [0.5, 0.6) is 0 Å². The van der Waals surface area contributed by atoms with Crippen molar-refractivity contribution in [2.75, 3.05) is 0 Å². The third-order valence-electron chi connectivity index (χ3n) is 3.36. The van der Waals surface area contributed by atoms with Crippen molar-refractivity contribution < 1.29 is 4.92 Å². The lowest BCUT2D eigenvalue weighted by Crippen LogP contribution is -1.93. The first-order valence-electron chi connectivity index (χ1n) is 6.26. The molecule has 0 spiro atoms. The summed E-state index contributed by atoms with van der Waals surface area (Å²) < 4.78 is 0. The van der Waals surface area contributed by atoms with Crippen LogP contribution < -0.4 is 0 Å². The fourth-order valence-electron chi connectivity index (χ4n) is 2.31. The molecule has 3 rings (SSSR count). The van der Waals surface area contributed by atoms with E-state index in [4.69, 9.17) is 0 Å². The molecule has 1 aromatic heterocycles. The van der Waals surface area contributed by atoms with E-state index in [-0.39, 0.29) is 10.6 Å². The first-order chi connectivity index (χ1) is 9.66. The zero-order valence-electron chi connectivity index (χ0n) is 10.9. The molecule has 0 aliphatic rings. The molecule has 0 aliphatic heterocycles. The summed E-state index contributed by atoms with van der Waals surface area (Å²) in [5.41, 5.74) is 2.64. The molecule has 0 bridgehead atoms. The van der Waals surface area contributed by atoms with Gasteiger partial charge in [0.25, 0.3) is 5.69 Å². The smallest absolute Gasteiger partial charge is 0.258 e. The Kier molecular flexibility index (Phi) is 2.91. The first-order valence-corrected chi connectivity index (χ1v) is 6.26. The maximum Gasteiger partial charge on any atom is 0.270 e. The second kappa shape index (κ2) is 4.74. The van der Waals surface area contributed by atoms with Gasteiger partial charge in [-0.3, -0.25) is 15.1 Å². The molecule has 0 N–H and O–H groups in total. The minimum Gasteiger partial charge on any atom is -0.258 e. The third-order valence-corrected chi connectivity index (χ3v) is 3.36. The van der Waals surface area contributed by atoms with Gasteiger partial charge in [-0.25, -0.2) is 0 Å². The largest absolute Gasteiger partial charge is 0.270 e. The van der Waals surface area contributed by atoms with Crippen LogP contribution in [0.2, 0.25) is 0 Å². The van der Waals surface area contributed by atoms with Gasteiger partial charge < -0.3 is 0 Å². The molecule has 0 radical (unpaired) electrons. The van der Waals surface area contributed by atoms with Gasteiger partial charge in [0.2, 0.25) is 0 Å². The molecule has 0 fully saturated rings. The minimum atomic E-state index is -0.381. The SMILES string of the molecule is Cc1ccc([N+](=O)[O-])cc1-c1nccc2ccccc12. The van der Waals surface area contributed by atoms with Crippen LogP contribution in [0.4, 0.5) is 5.69 Å². The lowest BCUT2D eigenvalue weighted by atomic mass is 9.99. The van der Waals surface area contributed by atoms with E-state index < -0.39 is 0 Å². The molecule has 0 aliphatic carbocycles. The molecule has 2 aromatic carbocycles. The summed E-state index contributed by atoms with van der Waals surface area (Å²) in [5, 5.41) is 13.0. The Bertz CT molecular complexity index is 807. The molecule has 4 heteroatoms. The standard InChI is InChI=1S/C16H12N2O2/c1-11-6-7-13(18(19)20)10-15(11)16-14-5-3-2-4-12(14)8-9-17-16/h2-10H,1H3. The normalized spacial score (nSPS) is 10.7. The van der Waals surface area contributed by atoms with Gasteiger partial charge in [-0.2, -0.15) is 0 Å². The molecule has 0 saturated heterocycles. The van der Waals surface area contributed by atoms with Crippen LogP contribution in [0.1, 0.15) is 5.56 Å². The number of nitro groups is 1. The predicted octanol–water partition coefficient (Wildman–Crippen LogP) is 4.12. The molecule has 3 aromatic rings. The minimum absolute atomic E-state index is 0.0836. The summed E-state index contributed by atoms with van der Waals surface area (Å²) in [7, 11) is 0. The number of non-ortho nitro benzene ring substituents is 1. The van der Waals surface area contributed by atoms with Crippen molar-refractivity contribution in [3.05, 3.63) is 70.4 Å². The topological polar surface area (TPSA) is 56.0 Å².